The fourth-order valence-corrected chi connectivity index (χ4v) is 2.28. The highest BCUT2D eigenvalue weighted by atomic mass is 16.5. The molecule has 1 aliphatic carbocycles. The van der Waals surface area contributed by atoms with Crippen LogP contribution >= 0.6 is 0 Å². The summed E-state index contributed by atoms with van der Waals surface area (Å²) in [5.41, 5.74) is 0.391. The average molecular weight is 245 g/mol. The van der Waals surface area contributed by atoms with Crippen molar-refractivity contribution in [3.8, 4) is 6.07 Å². The lowest BCUT2D eigenvalue weighted by Crippen LogP contribution is -2.19. The van der Waals surface area contributed by atoms with Gasteiger partial charge in [0.15, 0.2) is 0 Å². The third-order valence-electron chi connectivity index (χ3n) is 3.18. The Balaban J connectivity index is 1.95. The van der Waals surface area contributed by atoms with Crippen LogP contribution in [0.2, 0.25) is 0 Å². The van der Waals surface area contributed by atoms with Gasteiger partial charge in [-0.2, -0.15) is 5.26 Å². The molecule has 0 bridgehead atoms. The van der Waals surface area contributed by atoms with Crippen LogP contribution in [0.3, 0.4) is 0 Å². The Kier molecular flexibility index (Phi) is 3.78. The first-order chi connectivity index (χ1) is 8.72. The highest BCUT2D eigenvalue weighted by molar-refractivity contribution is 5.72. The Morgan fingerprint density at radius 2 is 2.39 bits per heavy atom. The first-order valence-electron chi connectivity index (χ1n) is 5.94. The molecule has 18 heavy (non-hydrogen) atoms. The minimum Gasteiger partial charge on any atom is -0.469 e. The van der Waals surface area contributed by atoms with Gasteiger partial charge in [-0.15, -0.1) is 0 Å². The molecule has 1 heterocycles. The molecule has 0 aromatic carbocycles. The van der Waals surface area contributed by atoms with Crippen molar-refractivity contribution in [2.24, 2.45) is 5.92 Å². The van der Waals surface area contributed by atoms with Gasteiger partial charge in [0.1, 0.15) is 17.6 Å². The van der Waals surface area contributed by atoms with Crippen molar-refractivity contribution < 1.29 is 9.53 Å². The monoisotopic (exact) mass is 245 g/mol. The molecule has 94 valence electrons. The molecule has 2 atom stereocenters. The second-order valence-electron chi connectivity index (χ2n) is 4.39. The van der Waals surface area contributed by atoms with Gasteiger partial charge < -0.3 is 10.1 Å². The quantitative estimate of drug-likeness (QED) is 0.820. The average Bonchev–Trinajstić information content (AvgIpc) is 2.86. The van der Waals surface area contributed by atoms with Crippen LogP contribution in [0.4, 0.5) is 5.82 Å². The van der Waals surface area contributed by atoms with Gasteiger partial charge in [-0.25, -0.2) is 4.98 Å². The minimum atomic E-state index is -0.141. The van der Waals surface area contributed by atoms with E-state index in [-0.39, 0.29) is 17.9 Å². The SMILES string of the molecule is COC(=O)[C@H]1CC[C@@H](Nc2cccc(C#N)n2)C1. The number of anilines is 1. The Morgan fingerprint density at radius 3 is 3.11 bits per heavy atom. The van der Waals surface area contributed by atoms with Gasteiger partial charge in [-0.1, -0.05) is 6.07 Å². The maximum Gasteiger partial charge on any atom is 0.308 e. The molecule has 1 aromatic heterocycles. The number of hydrogen-bond donors (Lipinski definition) is 1. The van der Waals surface area contributed by atoms with Crippen LogP contribution < -0.4 is 5.32 Å². The summed E-state index contributed by atoms with van der Waals surface area (Å²) in [6, 6.07) is 7.50. The topological polar surface area (TPSA) is 75.0 Å². The Hall–Kier alpha value is -2.09. The van der Waals surface area contributed by atoms with Crippen LogP contribution in [0.5, 0.6) is 0 Å². The zero-order chi connectivity index (χ0) is 13.0. The lowest BCUT2D eigenvalue weighted by atomic mass is 10.1. The number of nitrogens with one attached hydrogen (secondary N) is 1. The van der Waals surface area contributed by atoms with E-state index >= 15 is 0 Å². The summed E-state index contributed by atoms with van der Waals surface area (Å²) < 4.78 is 4.74. The van der Waals surface area contributed by atoms with Gasteiger partial charge in [0.25, 0.3) is 0 Å². The normalized spacial score (nSPS) is 22.2. The largest absolute Gasteiger partial charge is 0.469 e. The standard InChI is InChI=1S/C13H15N3O2/c1-18-13(17)9-5-6-10(7-9)15-12-4-2-3-11(8-14)16-12/h2-4,9-10H,5-7H2,1H3,(H,15,16)/t9-,10+/m0/s1. The van der Waals surface area contributed by atoms with E-state index in [4.69, 9.17) is 10.00 Å². The fourth-order valence-electron chi connectivity index (χ4n) is 2.28. The van der Waals surface area contributed by atoms with Crippen molar-refractivity contribution in [3.63, 3.8) is 0 Å². The summed E-state index contributed by atoms with van der Waals surface area (Å²) in [5, 5.41) is 12.0. The van der Waals surface area contributed by atoms with Gasteiger partial charge in [0.05, 0.1) is 13.0 Å². The van der Waals surface area contributed by atoms with E-state index in [1.807, 2.05) is 12.1 Å². The zero-order valence-electron chi connectivity index (χ0n) is 10.2. The van der Waals surface area contributed by atoms with E-state index in [0.29, 0.717) is 11.5 Å². The first-order valence-corrected chi connectivity index (χ1v) is 5.94. The molecule has 0 amide bonds. The van der Waals surface area contributed by atoms with Crippen molar-refractivity contribution in [3.05, 3.63) is 23.9 Å². The predicted molar refractivity (Wildman–Crippen MR) is 65.7 cm³/mol. The van der Waals surface area contributed by atoms with E-state index in [1.165, 1.54) is 7.11 Å². The molecule has 1 aromatic rings. The number of esters is 1. The highest BCUT2D eigenvalue weighted by Crippen LogP contribution is 2.28. The number of carbonyl (C=O) groups is 1. The summed E-state index contributed by atoms with van der Waals surface area (Å²) >= 11 is 0. The number of rotatable bonds is 3. The number of carbonyl (C=O) groups excluding carboxylic acids is 1. The van der Waals surface area contributed by atoms with Crippen LogP contribution in [0.15, 0.2) is 18.2 Å². The summed E-state index contributed by atoms with van der Waals surface area (Å²) in [6.07, 6.45) is 2.51. The molecule has 0 spiro atoms. The number of pyridine rings is 1. The molecule has 1 aliphatic rings. The first kappa shape index (κ1) is 12.4. The van der Waals surface area contributed by atoms with Crippen LogP contribution in [-0.4, -0.2) is 24.1 Å². The van der Waals surface area contributed by atoms with Gasteiger partial charge in [-0.05, 0) is 31.4 Å². The smallest absolute Gasteiger partial charge is 0.308 e. The maximum atomic E-state index is 11.4. The van der Waals surface area contributed by atoms with E-state index in [9.17, 15) is 4.79 Å². The second kappa shape index (κ2) is 5.50. The van der Waals surface area contributed by atoms with Crippen LogP contribution in [0.25, 0.3) is 0 Å². The molecule has 2 rings (SSSR count). The predicted octanol–water partition coefficient (Wildman–Crippen LogP) is 1.71. The van der Waals surface area contributed by atoms with Crippen molar-refractivity contribution in [1.29, 1.82) is 5.26 Å². The summed E-state index contributed by atoms with van der Waals surface area (Å²) in [7, 11) is 1.42. The number of nitriles is 1. The molecule has 1 N–H and O–H groups in total. The summed E-state index contributed by atoms with van der Waals surface area (Å²) in [6.45, 7) is 0. The van der Waals surface area contributed by atoms with E-state index < -0.39 is 0 Å². The molecule has 0 unspecified atom stereocenters. The zero-order valence-corrected chi connectivity index (χ0v) is 10.2. The van der Waals surface area contributed by atoms with Gasteiger partial charge >= 0.3 is 5.97 Å². The number of methoxy groups -OCH3 is 1. The van der Waals surface area contributed by atoms with E-state index in [1.54, 1.807) is 12.1 Å². The van der Waals surface area contributed by atoms with E-state index in [2.05, 4.69) is 10.3 Å². The fraction of sp³-hybridized carbons (Fsp3) is 0.462. The second-order valence-corrected chi connectivity index (χ2v) is 4.39. The number of hydrogen-bond acceptors (Lipinski definition) is 5. The molecule has 0 radical (unpaired) electrons. The lowest BCUT2D eigenvalue weighted by molar-refractivity contribution is -0.145. The highest BCUT2D eigenvalue weighted by Gasteiger charge is 2.30. The van der Waals surface area contributed by atoms with Crippen LogP contribution in [0.1, 0.15) is 25.0 Å². The van der Waals surface area contributed by atoms with Gasteiger partial charge in [0.2, 0.25) is 0 Å². The van der Waals surface area contributed by atoms with E-state index in [0.717, 1.165) is 19.3 Å². The van der Waals surface area contributed by atoms with Crippen molar-refractivity contribution in [1.82, 2.24) is 4.98 Å². The summed E-state index contributed by atoms with van der Waals surface area (Å²) in [5.74, 6) is 0.522. The molecular weight excluding hydrogens is 230 g/mol. The van der Waals surface area contributed by atoms with Gasteiger partial charge in [-0.3, -0.25) is 4.79 Å². The van der Waals surface area contributed by atoms with Crippen LogP contribution in [0, 0.1) is 17.2 Å². The molecule has 0 saturated heterocycles. The number of ether oxygens (including phenoxy) is 1. The molecule has 0 aliphatic heterocycles. The molecule has 1 fully saturated rings. The molecule has 1 saturated carbocycles. The third kappa shape index (κ3) is 2.77. The van der Waals surface area contributed by atoms with Crippen LogP contribution in [-0.2, 0) is 9.53 Å². The maximum absolute atomic E-state index is 11.4. The molecule has 5 nitrogen and oxygen atoms in total. The van der Waals surface area contributed by atoms with Crippen molar-refractivity contribution in [2.75, 3.05) is 12.4 Å². The van der Waals surface area contributed by atoms with Crippen molar-refractivity contribution in [2.45, 2.75) is 25.3 Å². The number of aromatic nitrogens is 1. The summed E-state index contributed by atoms with van der Waals surface area (Å²) in [4.78, 5) is 15.6. The third-order valence-corrected chi connectivity index (χ3v) is 3.18. The Labute approximate surface area is 106 Å². The Morgan fingerprint density at radius 1 is 1.56 bits per heavy atom. The Bertz CT molecular complexity index is 481. The number of nitrogens with zero attached hydrogens (tertiary/aromatic N) is 2. The van der Waals surface area contributed by atoms with Gasteiger partial charge in [0, 0.05) is 6.04 Å². The lowest BCUT2D eigenvalue weighted by Gasteiger charge is -2.13. The molecular formula is C13H15N3O2. The molecule has 5 heteroatoms. The van der Waals surface area contributed by atoms with Crippen molar-refractivity contribution >= 4 is 11.8 Å². The minimum absolute atomic E-state index is 0.0216.